The van der Waals surface area contributed by atoms with Crippen LogP contribution in [0.15, 0.2) is 48.7 Å². The van der Waals surface area contributed by atoms with Crippen molar-refractivity contribution in [1.82, 2.24) is 15.2 Å². The summed E-state index contributed by atoms with van der Waals surface area (Å²) in [4.78, 5) is 13.9. The van der Waals surface area contributed by atoms with Crippen molar-refractivity contribution in [3.63, 3.8) is 0 Å². The standard InChI is InChI=1S/C34H48N4O2S/c1-7-38-22-24-14-17-41-37(6)27-19-25(20-28(38)30(24)27)31(40)36-26(18-23-12-9-8-10-13-23)29(39)21-35-32-33(2,3)15-11-16-34(32,4)5/h8-10,12-13,19-20,22,26,29,32,35,39H,7,11,14-18,21H2,1-6H3,(H,36,40)/t26-,29+/m0/s1. The van der Waals surface area contributed by atoms with Gasteiger partial charge in [0.1, 0.15) is 0 Å². The number of carbonyl (C=O) groups is 1. The predicted octanol–water partition coefficient (Wildman–Crippen LogP) is 6.20. The fraction of sp³-hybridized carbons (Fsp3) is 0.559. The molecule has 0 unspecified atom stereocenters. The van der Waals surface area contributed by atoms with Crippen LogP contribution < -0.4 is 14.9 Å². The van der Waals surface area contributed by atoms with Crippen LogP contribution >= 0.6 is 11.9 Å². The lowest BCUT2D eigenvalue weighted by Crippen LogP contribution is -2.57. The van der Waals surface area contributed by atoms with Crippen LogP contribution in [-0.4, -0.2) is 53.1 Å². The van der Waals surface area contributed by atoms with Crippen molar-refractivity contribution in [2.24, 2.45) is 10.8 Å². The van der Waals surface area contributed by atoms with E-state index in [9.17, 15) is 9.90 Å². The first-order chi connectivity index (χ1) is 19.5. The van der Waals surface area contributed by atoms with Gasteiger partial charge in [0.05, 0.1) is 23.3 Å². The summed E-state index contributed by atoms with van der Waals surface area (Å²) in [7, 11) is 2.08. The molecule has 0 saturated heterocycles. The zero-order valence-corrected chi connectivity index (χ0v) is 26.5. The van der Waals surface area contributed by atoms with Gasteiger partial charge in [0.2, 0.25) is 0 Å². The maximum Gasteiger partial charge on any atom is 0.251 e. The molecule has 1 aliphatic heterocycles. The SMILES string of the molecule is CCn1cc2c3c(cc(C(=O)N[C@@H](Cc4ccccc4)[C@H](O)CNC4C(C)(C)CCCC4(C)C)cc31)N(C)SCC2. The Bertz CT molecular complexity index is 1350. The minimum Gasteiger partial charge on any atom is -0.390 e. The number of carbonyl (C=O) groups excluding carboxylic acids is 1. The van der Waals surface area contributed by atoms with Crippen LogP contribution in [0, 0.1) is 10.8 Å². The molecule has 1 saturated carbocycles. The minimum atomic E-state index is -0.734. The third kappa shape index (κ3) is 6.32. The predicted molar refractivity (Wildman–Crippen MR) is 173 cm³/mol. The Morgan fingerprint density at radius 3 is 2.51 bits per heavy atom. The average Bonchev–Trinajstić information content (AvgIpc) is 3.20. The lowest BCUT2D eigenvalue weighted by atomic mass is 9.61. The van der Waals surface area contributed by atoms with E-state index in [1.807, 2.05) is 30.3 Å². The summed E-state index contributed by atoms with van der Waals surface area (Å²) in [6.07, 6.45) is 6.67. The molecule has 7 heteroatoms. The van der Waals surface area contributed by atoms with Gasteiger partial charge < -0.3 is 24.6 Å². The molecule has 0 bridgehead atoms. The van der Waals surface area contributed by atoms with Crippen molar-refractivity contribution in [3.8, 4) is 0 Å². The number of hydrogen-bond donors (Lipinski definition) is 3. The van der Waals surface area contributed by atoms with E-state index in [4.69, 9.17) is 0 Å². The lowest BCUT2D eigenvalue weighted by molar-refractivity contribution is 0.0335. The number of amides is 1. The molecule has 6 nitrogen and oxygen atoms in total. The summed E-state index contributed by atoms with van der Waals surface area (Å²) in [6.45, 7) is 12.8. The molecular weight excluding hydrogens is 528 g/mol. The Balaban J connectivity index is 1.41. The van der Waals surface area contributed by atoms with Gasteiger partial charge in [-0.15, -0.1) is 0 Å². The molecule has 2 aromatic carbocycles. The fourth-order valence-corrected chi connectivity index (χ4v) is 8.23. The number of aliphatic hydroxyl groups is 1. The maximum atomic E-state index is 13.9. The smallest absolute Gasteiger partial charge is 0.251 e. The van der Waals surface area contributed by atoms with Crippen LogP contribution in [0.1, 0.15) is 75.4 Å². The Labute approximate surface area is 250 Å². The van der Waals surface area contributed by atoms with Gasteiger partial charge in [-0.1, -0.05) is 64.4 Å². The topological polar surface area (TPSA) is 69.5 Å². The van der Waals surface area contributed by atoms with Gasteiger partial charge in [0.15, 0.2) is 0 Å². The summed E-state index contributed by atoms with van der Waals surface area (Å²) in [6, 6.07) is 14.1. The highest BCUT2D eigenvalue weighted by atomic mass is 32.2. The van der Waals surface area contributed by atoms with Crippen molar-refractivity contribution >= 4 is 34.4 Å². The average molecular weight is 577 g/mol. The first-order valence-electron chi connectivity index (χ1n) is 15.3. The van der Waals surface area contributed by atoms with E-state index in [0.717, 1.165) is 35.5 Å². The maximum absolute atomic E-state index is 13.9. The summed E-state index contributed by atoms with van der Waals surface area (Å²) in [5.41, 5.74) is 5.55. The van der Waals surface area contributed by atoms with Crippen molar-refractivity contribution in [2.45, 2.75) is 91.5 Å². The van der Waals surface area contributed by atoms with E-state index in [1.54, 1.807) is 11.9 Å². The molecule has 0 radical (unpaired) electrons. The largest absolute Gasteiger partial charge is 0.390 e. The Hall–Kier alpha value is -2.48. The molecule has 1 aliphatic carbocycles. The highest BCUT2D eigenvalue weighted by molar-refractivity contribution is 8.00. The van der Waals surface area contributed by atoms with Crippen molar-refractivity contribution in [1.29, 1.82) is 0 Å². The van der Waals surface area contributed by atoms with E-state index in [1.165, 1.54) is 30.2 Å². The second-order valence-corrected chi connectivity index (χ2v) is 14.6. The molecule has 3 aromatic rings. The molecule has 1 aromatic heterocycles. The first kappa shape index (κ1) is 30.0. The lowest BCUT2D eigenvalue weighted by Gasteiger charge is -2.50. The van der Waals surface area contributed by atoms with E-state index < -0.39 is 12.1 Å². The third-order valence-corrected chi connectivity index (χ3v) is 10.4. The number of anilines is 1. The van der Waals surface area contributed by atoms with Crippen LogP contribution in [0.25, 0.3) is 10.9 Å². The first-order valence-corrected chi connectivity index (χ1v) is 16.2. The number of hydrogen-bond acceptors (Lipinski definition) is 5. The van der Waals surface area contributed by atoms with E-state index in [-0.39, 0.29) is 22.8 Å². The van der Waals surface area contributed by atoms with Crippen LogP contribution in [0.4, 0.5) is 5.69 Å². The van der Waals surface area contributed by atoms with Crippen LogP contribution in [0.2, 0.25) is 0 Å². The minimum absolute atomic E-state index is 0.144. The fourth-order valence-electron chi connectivity index (χ4n) is 7.36. The normalized spacial score (nSPS) is 20.0. The van der Waals surface area contributed by atoms with Gasteiger partial charge in [-0.25, -0.2) is 0 Å². The summed E-state index contributed by atoms with van der Waals surface area (Å²) >= 11 is 1.79. The zero-order chi connectivity index (χ0) is 29.4. The van der Waals surface area contributed by atoms with Crippen molar-refractivity contribution in [3.05, 3.63) is 65.4 Å². The molecular formula is C34H48N4O2S. The summed E-state index contributed by atoms with van der Waals surface area (Å²) in [5.74, 6) is 0.872. The van der Waals surface area contributed by atoms with Crippen molar-refractivity contribution in [2.75, 3.05) is 23.7 Å². The Morgan fingerprint density at radius 1 is 1.12 bits per heavy atom. The number of nitrogens with zero attached hydrogens (tertiary/aromatic N) is 2. The number of benzene rings is 2. The Kier molecular flexibility index (Phi) is 8.79. The second kappa shape index (κ2) is 12.0. The van der Waals surface area contributed by atoms with Gasteiger partial charge in [0.25, 0.3) is 5.91 Å². The number of aryl methyl sites for hydroxylation is 2. The van der Waals surface area contributed by atoms with Gasteiger partial charge in [-0.3, -0.25) is 4.79 Å². The quantitative estimate of drug-likeness (QED) is 0.265. The summed E-state index contributed by atoms with van der Waals surface area (Å²) in [5, 5.41) is 19.8. The molecule has 3 N–H and O–H groups in total. The molecule has 1 fully saturated rings. The highest BCUT2D eigenvalue weighted by Crippen LogP contribution is 2.46. The van der Waals surface area contributed by atoms with Gasteiger partial charge in [0, 0.05) is 49.1 Å². The van der Waals surface area contributed by atoms with E-state index >= 15 is 0 Å². The molecule has 2 atom stereocenters. The zero-order valence-electron chi connectivity index (χ0n) is 25.7. The molecule has 2 aliphatic rings. The van der Waals surface area contributed by atoms with Gasteiger partial charge >= 0.3 is 0 Å². The van der Waals surface area contributed by atoms with Crippen LogP contribution in [-0.2, 0) is 19.4 Å². The van der Waals surface area contributed by atoms with Crippen molar-refractivity contribution < 1.29 is 9.90 Å². The molecule has 222 valence electrons. The van der Waals surface area contributed by atoms with Crippen LogP contribution in [0.3, 0.4) is 0 Å². The van der Waals surface area contributed by atoms with E-state index in [2.05, 4.69) is 79.5 Å². The van der Waals surface area contributed by atoms with Gasteiger partial charge in [-0.05, 0) is 78.6 Å². The van der Waals surface area contributed by atoms with E-state index in [0.29, 0.717) is 18.5 Å². The highest BCUT2D eigenvalue weighted by Gasteiger charge is 2.43. The number of rotatable bonds is 9. The monoisotopic (exact) mass is 576 g/mol. The summed E-state index contributed by atoms with van der Waals surface area (Å²) < 4.78 is 4.45. The Morgan fingerprint density at radius 2 is 1.83 bits per heavy atom. The molecule has 1 amide bonds. The molecule has 2 heterocycles. The number of nitrogens with one attached hydrogen (secondary N) is 2. The second-order valence-electron chi connectivity index (χ2n) is 13.4. The van der Waals surface area contributed by atoms with Gasteiger partial charge in [-0.2, -0.15) is 0 Å². The molecule has 41 heavy (non-hydrogen) atoms. The van der Waals surface area contributed by atoms with Crippen LogP contribution in [0.5, 0.6) is 0 Å². The molecule has 5 rings (SSSR count). The third-order valence-electron chi connectivity index (χ3n) is 9.45. The molecule has 0 spiro atoms. The number of aromatic nitrogens is 1. The number of aliphatic hydroxyl groups excluding tert-OH is 1.